The van der Waals surface area contributed by atoms with Crippen molar-refractivity contribution in [3.63, 3.8) is 0 Å². The van der Waals surface area contributed by atoms with Gasteiger partial charge in [-0.2, -0.15) is 4.39 Å². The third-order valence-corrected chi connectivity index (χ3v) is 4.27. The molecular formula is C22H20FNO2. The average Bonchev–Trinajstić information content (AvgIpc) is 2.65. The summed E-state index contributed by atoms with van der Waals surface area (Å²) < 4.78 is 12.9. The minimum absolute atomic E-state index is 0.199. The number of hydrogen-bond acceptors (Lipinski definition) is 3. The smallest absolute Gasteiger partial charge is 0.212 e. The van der Waals surface area contributed by atoms with E-state index in [0.717, 1.165) is 29.5 Å². The second-order valence-corrected chi connectivity index (χ2v) is 6.30. The zero-order valence-corrected chi connectivity index (χ0v) is 14.4. The maximum atomic E-state index is 12.9. The van der Waals surface area contributed by atoms with E-state index in [4.69, 9.17) is 0 Å². The lowest BCUT2D eigenvalue weighted by atomic mass is 10.0. The molecule has 0 aliphatic carbocycles. The van der Waals surface area contributed by atoms with E-state index in [1.807, 2.05) is 24.3 Å². The number of phenolic OH excluding ortho intramolecular Hbond substituents is 1. The standard InChI is InChI=1S/C22H20FNO2/c23-22-13-10-19(15-24-22)18-8-4-16(5-9-18)2-1-3-21(26)14-17-6-11-20(25)12-7-17/h4-13,15,25H,1-3,14H2. The molecule has 1 N–H and O–H groups in total. The molecule has 0 spiro atoms. The van der Waals surface area contributed by atoms with Crippen LogP contribution in [0.2, 0.25) is 0 Å². The zero-order chi connectivity index (χ0) is 18.4. The molecule has 3 aromatic rings. The molecule has 0 aliphatic heterocycles. The Bertz CT molecular complexity index is 856. The van der Waals surface area contributed by atoms with Crippen molar-refractivity contribution in [1.82, 2.24) is 4.98 Å². The lowest BCUT2D eigenvalue weighted by Crippen LogP contribution is -2.03. The van der Waals surface area contributed by atoms with Gasteiger partial charge in [-0.3, -0.25) is 4.79 Å². The number of aromatic nitrogens is 1. The summed E-state index contributed by atoms with van der Waals surface area (Å²) in [7, 11) is 0. The number of hydrogen-bond donors (Lipinski definition) is 1. The van der Waals surface area contributed by atoms with Gasteiger partial charge in [-0.1, -0.05) is 36.4 Å². The summed E-state index contributed by atoms with van der Waals surface area (Å²) in [5.41, 5.74) is 3.96. The fourth-order valence-corrected chi connectivity index (χ4v) is 2.83. The molecule has 0 atom stereocenters. The number of rotatable bonds is 7. The highest BCUT2D eigenvalue weighted by molar-refractivity contribution is 5.80. The second kappa shape index (κ2) is 8.39. The average molecular weight is 349 g/mol. The largest absolute Gasteiger partial charge is 0.508 e. The van der Waals surface area contributed by atoms with Gasteiger partial charge >= 0.3 is 0 Å². The zero-order valence-electron chi connectivity index (χ0n) is 14.4. The highest BCUT2D eigenvalue weighted by Crippen LogP contribution is 2.20. The third-order valence-electron chi connectivity index (χ3n) is 4.27. The van der Waals surface area contributed by atoms with Crippen molar-refractivity contribution < 1.29 is 14.3 Å². The quantitative estimate of drug-likeness (QED) is 0.628. The Morgan fingerprint density at radius 1 is 0.885 bits per heavy atom. The molecular weight excluding hydrogens is 329 g/mol. The van der Waals surface area contributed by atoms with Crippen LogP contribution in [0.25, 0.3) is 11.1 Å². The Morgan fingerprint density at radius 2 is 1.54 bits per heavy atom. The van der Waals surface area contributed by atoms with Gasteiger partial charge in [0.2, 0.25) is 5.95 Å². The number of phenols is 1. The van der Waals surface area contributed by atoms with Crippen molar-refractivity contribution >= 4 is 5.78 Å². The third kappa shape index (κ3) is 4.99. The molecule has 0 radical (unpaired) electrons. The Morgan fingerprint density at radius 3 is 2.19 bits per heavy atom. The fraction of sp³-hybridized carbons (Fsp3) is 0.182. The maximum absolute atomic E-state index is 12.9. The van der Waals surface area contributed by atoms with Crippen LogP contribution in [0.3, 0.4) is 0 Å². The minimum atomic E-state index is -0.484. The van der Waals surface area contributed by atoms with Crippen LogP contribution in [0.1, 0.15) is 24.0 Å². The number of aromatic hydroxyl groups is 1. The molecule has 1 aromatic heterocycles. The van der Waals surface area contributed by atoms with Gasteiger partial charge in [-0.05, 0) is 53.8 Å². The molecule has 0 fully saturated rings. The molecule has 0 unspecified atom stereocenters. The molecule has 0 aliphatic rings. The molecule has 0 saturated carbocycles. The Hall–Kier alpha value is -3.01. The molecule has 0 saturated heterocycles. The molecule has 0 bridgehead atoms. The van der Waals surface area contributed by atoms with Gasteiger partial charge in [-0.25, -0.2) is 4.98 Å². The van der Waals surface area contributed by atoms with E-state index in [2.05, 4.69) is 4.98 Å². The molecule has 2 aromatic carbocycles. The van der Waals surface area contributed by atoms with Crippen molar-refractivity contribution in [3.05, 3.63) is 83.9 Å². The Balaban J connectivity index is 1.48. The first-order valence-corrected chi connectivity index (χ1v) is 8.60. The lowest BCUT2D eigenvalue weighted by molar-refractivity contribution is -0.118. The van der Waals surface area contributed by atoms with E-state index in [0.29, 0.717) is 12.8 Å². The van der Waals surface area contributed by atoms with E-state index < -0.39 is 5.95 Å². The summed E-state index contributed by atoms with van der Waals surface area (Å²) in [6, 6.07) is 17.8. The number of halogens is 1. The first-order chi connectivity index (χ1) is 12.6. The van der Waals surface area contributed by atoms with Gasteiger partial charge in [0.1, 0.15) is 11.5 Å². The van der Waals surface area contributed by atoms with Gasteiger partial charge in [0, 0.05) is 24.6 Å². The second-order valence-electron chi connectivity index (χ2n) is 6.30. The Kier molecular flexibility index (Phi) is 5.74. The highest BCUT2D eigenvalue weighted by Gasteiger charge is 2.05. The van der Waals surface area contributed by atoms with E-state index in [-0.39, 0.29) is 11.5 Å². The van der Waals surface area contributed by atoms with Gasteiger partial charge in [0.25, 0.3) is 0 Å². The molecule has 3 rings (SSSR count). The van der Waals surface area contributed by atoms with E-state index in [1.165, 1.54) is 17.8 Å². The van der Waals surface area contributed by atoms with E-state index in [1.54, 1.807) is 30.3 Å². The number of carbonyl (C=O) groups excluding carboxylic acids is 1. The number of aryl methyl sites for hydroxylation is 1. The monoisotopic (exact) mass is 349 g/mol. The molecule has 132 valence electrons. The van der Waals surface area contributed by atoms with Crippen molar-refractivity contribution in [3.8, 4) is 16.9 Å². The van der Waals surface area contributed by atoms with E-state index in [9.17, 15) is 14.3 Å². The summed E-state index contributed by atoms with van der Waals surface area (Å²) in [4.78, 5) is 15.7. The number of ketones is 1. The predicted molar refractivity (Wildman–Crippen MR) is 99.4 cm³/mol. The minimum Gasteiger partial charge on any atom is -0.508 e. The summed E-state index contributed by atoms with van der Waals surface area (Å²) >= 11 is 0. The van der Waals surface area contributed by atoms with Crippen LogP contribution < -0.4 is 0 Å². The first-order valence-electron chi connectivity index (χ1n) is 8.60. The van der Waals surface area contributed by atoms with Crippen molar-refractivity contribution in [2.24, 2.45) is 0 Å². The number of carbonyl (C=O) groups is 1. The van der Waals surface area contributed by atoms with Crippen LogP contribution >= 0.6 is 0 Å². The number of pyridine rings is 1. The molecule has 4 heteroatoms. The summed E-state index contributed by atoms with van der Waals surface area (Å²) in [6.45, 7) is 0. The molecule has 1 heterocycles. The van der Waals surface area contributed by atoms with Crippen LogP contribution in [0, 0.1) is 5.95 Å². The number of benzene rings is 2. The Labute approximate surface area is 152 Å². The summed E-state index contributed by atoms with van der Waals surface area (Å²) in [6.07, 6.45) is 4.09. The lowest BCUT2D eigenvalue weighted by Gasteiger charge is -2.05. The number of Topliss-reactive ketones (excluding diaryl/α,β-unsaturated/α-hetero) is 1. The summed E-state index contributed by atoms with van der Waals surface area (Å²) in [5.74, 6) is -0.0758. The van der Waals surface area contributed by atoms with Crippen molar-refractivity contribution in [1.29, 1.82) is 0 Å². The van der Waals surface area contributed by atoms with Gasteiger partial charge < -0.3 is 5.11 Å². The van der Waals surface area contributed by atoms with Crippen LogP contribution in [0.4, 0.5) is 4.39 Å². The van der Waals surface area contributed by atoms with Crippen molar-refractivity contribution in [2.45, 2.75) is 25.7 Å². The van der Waals surface area contributed by atoms with Crippen LogP contribution in [-0.2, 0) is 17.6 Å². The van der Waals surface area contributed by atoms with Crippen LogP contribution in [-0.4, -0.2) is 15.9 Å². The van der Waals surface area contributed by atoms with Gasteiger partial charge in [-0.15, -0.1) is 0 Å². The summed E-state index contributed by atoms with van der Waals surface area (Å²) in [5, 5.41) is 9.26. The van der Waals surface area contributed by atoms with Gasteiger partial charge in [0.15, 0.2) is 0 Å². The maximum Gasteiger partial charge on any atom is 0.212 e. The van der Waals surface area contributed by atoms with Gasteiger partial charge in [0.05, 0.1) is 0 Å². The molecule has 3 nitrogen and oxygen atoms in total. The number of nitrogens with zero attached hydrogens (tertiary/aromatic N) is 1. The predicted octanol–water partition coefficient (Wildman–Crippen LogP) is 4.73. The molecule has 26 heavy (non-hydrogen) atoms. The fourth-order valence-electron chi connectivity index (χ4n) is 2.83. The van der Waals surface area contributed by atoms with Crippen LogP contribution in [0.5, 0.6) is 5.75 Å². The topological polar surface area (TPSA) is 50.2 Å². The first kappa shape index (κ1) is 17.8. The van der Waals surface area contributed by atoms with Crippen molar-refractivity contribution in [2.75, 3.05) is 0 Å². The SMILES string of the molecule is O=C(CCCc1ccc(-c2ccc(F)nc2)cc1)Cc1ccc(O)cc1. The van der Waals surface area contributed by atoms with Crippen LogP contribution in [0.15, 0.2) is 66.9 Å². The highest BCUT2D eigenvalue weighted by atomic mass is 19.1. The molecule has 0 amide bonds. The normalized spacial score (nSPS) is 10.7. The van der Waals surface area contributed by atoms with E-state index >= 15 is 0 Å².